The quantitative estimate of drug-likeness (QED) is 0.557. The second-order valence-electron chi connectivity index (χ2n) is 9.13. The number of alkyl halides is 3. The van der Waals surface area contributed by atoms with Gasteiger partial charge in [0.15, 0.2) is 0 Å². The molecular weight excluding hydrogens is 500 g/mol. The minimum absolute atomic E-state index is 0.0584. The Labute approximate surface area is 211 Å². The summed E-state index contributed by atoms with van der Waals surface area (Å²) in [6, 6.07) is 9.14. The zero-order valence-electron chi connectivity index (χ0n) is 19.5. The van der Waals surface area contributed by atoms with Crippen molar-refractivity contribution in [3.63, 3.8) is 0 Å². The van der Waals surface area contributed by atoms with Crippen molar-refractivity contribution in [2.75, 3.05) is 37.6 Å². The van der Waals surface area contributed by atoms with Crippen molar-refractivity contribution in [3.8, 4) is 0 Å². The average molecular weight is 527 g/mol. The summed E-state index contributed by atoms with van der Waals surface area (Å²) >= 11 is 5.91. The van der Waals surface area contributed by atoms with Gasteiger partial charge in [0.05, 0.1) is 17.1 Å². The van der Waals surface area contributed by atoms with E-state index in [1.54, 1.807) is 12.1 Å². The van der Waals surface area contributed by atoms with Gasteiger partial charge in [-0.2, -0.15) is 13.2 Å². The second kappa shape index (κ2) is 11.0. The summed E-state index contributed by atoms with van der Waals surface area (Å²) in [5.41, 5.74) is -0.171. The van der Waals surface area contributed by atoms with E-state index in [-0.39, 0.29) is 29.1 Å². The highest BCUT2D eigenvalue weighted by atomic mass is 35.5. The fraction of sp³-hybridized carbons (Fsp3) is 0.440. The van der Waals surface area contributed by atoms with Gasteiger partial charge in [-0.05, 0) is 55.7 Å². The monoisotopic (exact) mass is 526 g/mol. The molecule has 4 rings (SSSR count). The van der Waals surface area contributed by atoms with Crippen LogP contribution in [0.5, 0.6) is 0 Å². The lowest BCUT2D eigenvalue weighted by Gasteiger charge is -2.38. The fourth-order valence-electron chi connectivity index (χ4n) is 4.79. The molecule has 2 aliphatic heterocycles. The molecule has 1 unspecified atom stereocenters. The van der Waals surface area contributed by atoms with Gasteiger partial charge in [-0.3, -0.25) is 14.5 Å². The third-order valence-electron chi connectivity index (χ3n) is 6.70. The van der Waals surface area contributed by atoms with E-state index >= 15 is 0 Å². The van der Waals surface area contributed by atoms with Gasteiger partial charge >= 0.3 is 6.18 Å². The molecule has 2 amide bonds. The van der Waals surface area contributed by atoms with Crippen molar-refractivity contribution >= 4 is 29.1 Å². The van der Waals surface area contributed by atoms with Crippen LogP contribution >= 0.6 is 11.6 Å². The molecule has 6 nitrogen and oxygen atoms in total. The molecule has 2 fully saturated rings. The molecule has 0 aromatic heterocycles. The predicted molar refractivity (Wildman–Crippen MR) is 129 cm³/mol. The Hall–Kier alpha value is -2.85. The lowest BCUT2D eigenvalue weighted by Crippen LogP contribution is -2.46. The standard InChI is InChI=1S/C25H27ClF4N4O2/c26-21-13-20(4-5-22(21)27)33-10-7-19(8-11-33)34-9-6-18(15-34)32-23(35)14-31-24(36)16-2-1-3-17(12-16)25(28,29)30/h1-5,12-13,18-19H,6-11,14-15H2,(H,31,36)(H,32,35). The first-order valence-electron chi connectivity index (χ1n) is 11.8. The summed E-state index contributed by atoms with van der Waals surface area (Å²) in [6.45, 7) is 2.86. The summed E-state index contributed by atoms with van der Waals surface area (Å²) in [5, 5.41) is 5.39. The van der Waals surface area contributed by atoms with Crippen LogP contribution in [0.2, 0.25) is 5.02 Å². The smallest absolute Gasteiger partial charge is 0.371 e. The number of hydrogen-bond acceptors (Lipinski definition) is 4. The number of likely N-dealkylation sites (tertiary alicyclic amines) is 1. The van der Waals surface area contributed by atoms with Gasteiger partial charge < -0.3 is 15.5 Å². The first-order chi connectivity index (χ1) is 17.1. The molecule has 0 radical (unpaired) electrons. The zero-order valence-corrected chi connectivity index (χ0v) is 20.2. The van der Waals surface area contributed by atoms with Gasteiger partial charge in [0.2, 0.25) is 5.91 Å². The largest absolute Gasteiger partial charge is 0.416 e. The number of piperidine rings is 1. The molecule has 0 spiro atoms. The molecule has 2 heterocycles. The number of halogens is 5. The molecule has 194 valence electrons. The Morgan fingerprint density at radius 2 is 1.78 bits per heavy atom. The molecule has 2 aromatic rings. The molecule has 2 saturated heterocycles. The van der Waals surface area contributed by atoms with Crippen LogP contribution in [0.3, 0.4) is 0 Å². The van der Waals surface area contributed by atoms with Crippen molar-refractivity contribution < 1.29 is 27.2 Å². The second-order valence-corrected chi connectivity index (χ2v) is 9.53. The van der Waals surface area contributed by atoms with Gasteiger partial charge in [0.1, 0.15) is 5.82 Å². The maximum Gasteiger partial charge on any atom is 0.416 e. The number of nitrogens with one attached hydrogen (secondary N) is 2. The molecule has 11 heteroatoms. The molecule has 2 aromatic carbocycles. The van der Waals surface area contributed by atoms with E-state index in [0.717, 1.165) is 62.8 Å². The molecule has 1 atom stereocenters. The summed E-state index contributed by atoms with van der Waals surface area (Å²) in [6.07, 6.45) is -1.90. The van der Waals surface area contributed by atoms with E-state index in [4.69, 9.17) is 11.6 Å². The van der Waals surface area contributed by atoms with Crippen molar-refractivity contribution in [1.29, 1.82) is 0 Å². The highest BCUT2D eigenvalue weighted by Crippen LogP contribution is 2.30. The number of carbonyl (C=O) groups is 2. The molecule has 0 aliphatic carbocycles. The maximum absolute atomic E-state index is 13.4. The van der Waals surface area contributed by atoms with E-state index in [0.29, 0.717) is 12.6 Å². The molecule has 2 aliphatic rings. The number of benzene rings is 2. The molecule has 36 heavy (non-hydrogen) atoms. The van der Waals surface area contributed by atoms with Crippen LogP contribution in [0.25, 0.3) is 0 Å². The van der Waals surface area contributed by atoms with Crippen LogP contribution in [0.4, 0.5) is 23.2 Å². The van der Waals surface area contributed by atoms with Crippen LogP contribution < -0.4 is 15.5 Å². The highest BCUT2D eigenvalue weighted by Gasteiger charge is 2.32. The van der Waals surface area contributed by atoms with Crippen LogP contribution in [0.1, 0.15) is 35.2 Å². The van der Waals surface area contributed by atoms with E-state index in [1.165, 1.54) is 12.1 Å². The topological polar surface area (TPSA) is 64.7 Å². The number of nitrogens with zero attached hydrogens (tertiary/aromatic N) is 2. The van der Waals surface area contributed by atoms with E-state index in [2.05, 4.69) is 20.4 Å². The first kappa shape index (κ1) is 26.2. The molecule has 2 N–H and O–H groups in total. The van der Waals surface area contributed by atoms with Crippen LogP contribution in [0, 0.1) is 5.82 Å². The number of anilines is 1. The van der Waals surface area contributed by atoms with Gasteiger partial charge in [0, 0.05) is 49.5 Å². The third kappa shape index (κ3) is 6.47. The lowest BCUT2D eigenvalue weighted by atomic mass is 10.0. The average Bonchev–Trinajstić information content (AvgIpc) is 3.32. The van der Waals surface area contributed by atoms with Crippen LogP contribution in [0.15, 0.2) is 42.5 Å². The van der Waals surface area contributed by atoms with Gasteiger partial charge in [-0.1, -0.05) is 17.7 Å². The zero-order chi connectivity index (χ0) is 25.9. The SMILES string of the molecule is O=C(CNC(=O)c1cccc(C(F)(F)F)c1)NC1CCN(C2CCN(c3ccc(F)c(Cl)c3)CC2)C1. The van der Waals surface area contributed by atoms with Crippen LogP contribution in [-0.4, -0.2) is 61.5 Å². The van der Waals surface area contributed by atoms with Crippen molar-refractivity contribution in [2.24, 2.45) is 0 Å². The van der Waals surface area contributed by atoms with Gasteiger partial charge in [-0.15, -0.1) is 0 Å². The van der Waals surface area contributed by atoms with Gasteiger partial charge in [-0.25, -0.2) is 4.39 Å². The minimum Gasteiger partial charge on any atom is -0.371 e. The van der Waals surface area contributed by atoms with Crippen LogP contribution in [-0.2, 0) is 11.0 Å². The van der Waals surface area contributed by atoms with Crippen molar-refractivity contribution in [2.45, 2.75) is 37.5 Å². The number of carbonyl (C=O) groups excluding carboxylic acids is 2. The summed E-state index contributed by atoms with van der Waals surface area (Å²) in [4.78, 5) is 29.1. The summed E-state index contributed by atoms with van der Waals surface area (Å²) in [7, 11) is 0. The maximum atomic E-state index is 13.4. The summed E-state index contributed by atoms with van der Waals surface area (Å²) in [5.74, 6) is -1.56. The highest BCUT2D eigenvalue weighted by molar-refractivity contribution is 6.31. The van der Waals surface area contributed by atoms with Crippen molar-refractivity contribution in [3.05, 3.63) is 64.4 Å². The molecule has 0 saturated carbocycles. The predicted octanol–water partition coefficient (Wildman–Crippen LogP) is 4.09. The molecule has 0 bridgehead atoms. The van der Waals surface area contributed by atoms with E-state index < -0.39 is 23.5 Å². The van der Waals surface area contributed by atoms with E-state index in [9.17, 15) is 27.2 Å². The Morgan fingerprint density at radius 3 is 2.47 bits per heavy atom. The Morgan fingerprint density at radius 1 is 1.03 bits per heavy atom. The van der Waals surface area contributed by atoms with Gasteiger partial charge in [0.25, 0.3) is 5.91 Å². The Kier molecular flexibility index (Phi) is 8.04. The normalized spacial score (nSPS) is 19.4. The lowest BCUT2D eigenvalue weighted by molar-refractivity contribution is -0.137. The Bertz CT molecular complexity index is 1110. The fourth-order valence-corrected chi connectivity index (χ4v) is 4.96. The number of amides is 2. The minimum atomic E-state index is -4.55. The third-order valence-corrected chi connectivity index (χ3v) is 6.99. The first-order valence-corrected chi connectivity index (χ1v) is 12.2. The number of hydrogen-bond donors (Lipinski definition) is 2. The van der Waals surface area contributed by atoms with Crippen molar-refractivity contribution in [1.82, 2.24) is 15.5 Å². The summed E-state index contributed by atoms with van der Waals surface area (Å²) < 4.78 is 52.0. The molecular formula is C25H27ClF4N4O2. The number of rotatable bonds is 6. The Balaban J connectivity index is 1.20. The van der Waals surface area contributed by atoms with E-state index in [1.807, 2.05) is 0 Å².